The highest BCUT2D eigenvalue weighted by Crippen LogP contribution is 2.33. The molecule has 23 heavy (non-hydrogen) atoms. The Bertz CT molecular complexity index is 827. The average molecular weight is 308 g/mol. The van der Waals surface area contributed by atoms with Crippen LogP contribution in [0.15, 0.2) is 40.8 Å². The third kappa shape index (κ3) is 2.98. The molecule has 2 aromatic carbocycles. The second-order valence-corrected chi connectivity index (χ2v) is 6.07. The molecule has 0 bridgehead atoms. The summed E-state index contributed by atoms with van der Waals surface area (Å²) >= 11 is 0. The third-order valence-corrected chi connectivity index (χ3v) is 4.37. The van der Waals surface area contributed by atoms with Crippen LogP contribution in [0.2, 0.25) is 0 Å². The first-order valence-electron chi connectivity index (χ1n) is 8.36. The van der Waals surface area contributed by atoms with Crippen molar-refractivity contribution >= 4 is 11.0 Å². The van der Waals surface area contributed by atoms with Gasteiger partial charge in [-0.15, -0.1) is 0 Å². The molecule has 0 saturated carbocycles. The van der Waals surface area contributed by atoms with Crippen molar-refractivity contribution in [3.05, 3.63) is 53.1 Å². The number of methoxy groups -OCH3 is 1. The summed E-state index contributed by atoms with van der Waals surface area (Å²) in [6, 6.07) is 12.9. The molecule has 3 aromatic rings. The van der Waals surface area contributed by atoms with E-state index in [0.717, 1.165) is 47.5 Å². The van der Waals surface area contributed by atoms with E-state index in [1.54, 1.807) is 7.11 Å². The van der Waals surface area contributed by atoms with Gasteiger partial charge in [0.1, 0.15) is 17.1 Å². The average Bonchev–Trinajstić information content (AvgIpc) is 2.98. The lowest BCUT2D eigenvalue weighted by atomic mass is 10.0. The Morgan fingerprint density at radius 2 is 1.87 bits per heavy atom. The van der Waals surface area contributed by atoms with E-state index >= 15 is 0 Å². The zero-order chi connectivity index (χ0) is 16.4. The van der Waals surface area contributed by atoms with Gasteiger partial charge in [0.05, 0.1) is 7.11 Å². The van der Waals surface area contributed by atoms with E-state index in [1.165, 1.54) is 16.5 Å². The van der Waals surface area contributed by atoms with Crippen molar-refractivity contribution in [1.29, 1.82) is 0 Å². The van der Waals surface area contributed by atoms with E-state index in [4.69, 9.17) is 9.15 Å². The Labute approximate surface area is 138 Å². The van der Waals surface area contributed by atoms with Crippen molar-refractivity contribution < 1.29 is 9.15 Å². The summed E-state index contributed by atoms with van der Waals surface area (Å²) in [6.45, 7) is 6.45. The van der Waals surface area contributed by atoms with Gasteiger partial charge in [-0.1, -0.05) is 38.5 Å². The molecule has 0 aliphatic rings. The number of rotatable bonds is 5. The number of ether oxygens (including phenoxy) is 1. The Morgan fingerprint density at radius 1 is 1.04 bits per heavy atom. The first-order chi connectivity index (χ1) is 11.2. The number of furan rings is 1. The van der Waals surface area contributed by atoms with Crippen LogP contribution in [0.3, 0.4) is 0 Å². The van der Waals surface area contributed by atoms with Gasteiger partial charge in [0.2, 0.25) is 0 Å². The fraction of sp³-hybridized carbons (Fsp3) is 0.333. The van der Waals surface area contributed by atoms with Gasteiger partial charge in [-0.05, 0) is 54.7 Å². The normalized spacial score (nSPS) is 11.1. The molecule has 3 rings (SSSR count). The number of benzene rings is 2. The minimum Gasteiger partial charge on any atom is -0.496 e. The molecule has 0 unspecified atom stereocenters. The molecule has 2 nitrogen and oxygen atoms in total. The molecule has 0 spiro atoms. The zero-order valence-corrected chi connectivity index (χ0v) is 14.4. The van der Waals surface area contributed by atoms with Gasteiger partial charge in [0.15, 0.2) is 0 Å². The summed E-state index contributed by atoms with van der Waals surface area (Å²) < 4.78 is 11.6. The summed E-state index contributed by atoms with van der Waals surface area (Å²) in [7, 11) is 1.71. The van der Waals surface area contributed by atoms with E-state index in [0.29, 0.717) is 0 Å². The van der Waals surface area contributed by atoms with Crippen LogP contribution in [0.1, 0.15) is 37.0 Å². The highest BCUT2D eigenvalue weighted by molar-refractivity contribution is 5.86. The molecule has 2 heteroatoms. The van der Waals surface area contributed by atoms with Crippen LogP contribution in [0.25, 0.3) is 22.3 Å². The van der Waals surface area contributed by atoms with Crippen LogP contribution in [0.5, 0.6) is 5.75 Å². The van der Waals surface area contributed by atoms with Crippen LogP contribution in [-0.2, 0) is 12.8 Å². The van der Waals surface area contributed by atoms with Crippen molar-refractivity contribution in [3.8, 4) is 17.1 Å². The molecule has 0 amide bonds. The molecule has 0 fully saturated rings. The molecular weight excluding hydrogens is 284 g/mol. The van der Waals surface area contributed by atoms with Gasteiger partial charge in [-0.25, -0.2) is 0 Å². The van der Waals surface area contributed by atoms with Crippen LogP contribution < -0.4 is 4.74 Å². The quantitative estimate of drug-likeness (QED) is 0.582. The molecule has 0 aliphatic heterocycles. The molecule has 0 N–H and O–H groups in total. The molecule has 0 radical (unpaired) electrons. The Morgan fingerprint density at radius 3 is 2.57 bits per heavy atom. The maximum absolute atomic E-state index is 6.19. The van der Waals surface area contributed by atoms with Gasteiger partial charge in [0.25, 0.3) is 0 Å². The second-order valence-electron chi connectivity index (χ2n) is 6.07. The first-order valence-corrected chi connectivity index (χ1v) is 8.36. The molecule has 1 aromatic heterocycles. The van der Waals surface area contributed by atoms with Crippen LogP contribution in [0.4, 0.5) is 0 Å². The lowest BCUT2D eigenvalue weighted by Crippen LogP contribution is -1.88. The summed E-state index contributed by atoms with van der Waals surface area (Å²) in [5.41, 5.74) is 5.89. The summed E-state index contributed by atoms with van der Waals surface area (Å²) in [5, 5.41) is 1.20. The number of aryl methyl sites for hydroxylation is 3. The van der Waals surface area contributed by atoms with E-state index < -0.39 is 0 Å². The van der Waals surface area contributed by atoms with Crippen molar-refractivity contribution in [2.75, 3.05) is 7.11 Å². The topological polar surface area (TPSA) is 22.4 Å². The largest absolute Gasteiger partial charge is 0.496 e. The van der Waals surface area contributed by atoms with Crippen LogP contribution >= 0.6 is 0 Å². The minimum atomic E-state index is 0.894. The number of hydrogen-bond acceptors (Lipinski definition) is 2. The monoisotopic (exact) mass is 308 g/mol. The van der Waals surface area contributed by atoms with Gasteiger partial charge < -0.3 is 9.15 Å². The van der Waals surface area contributed by atoms with Gasteiger partial charge in [0, 0.05) is 10.9 Å². The van der Waals surface area contributed by atoms with Crippen molar-refractivity contribution in [3.63, 3.8) is 0 Å². The second kappa shape index (κ2) is 6.49. The van der Waals surface area contributed by atoms with E-state index in [9.17, 15) is 0 Å². The van der Waals surface area contributed by atoms with E-state index in [2.05, 4.69) is 44.2 Å². The molecule has 1 heterocycles. The smallest absolute Gasteiger partial charge is 0.138 e. The maximum Gasteiger partial charge on any atom is 0.138 e. The van der Waals surface area contributed by atoms with Crippen molar-refractivity contribution in [1.82, 2.24) is 0 Å². The highest BCUT2D eigenvalue weighted by Gasteiger charge is 2.12. The third-order valence-electron chi connectivity index (χ3n) is 4.37. The summed E-state index contributed by atoms with van der Waals surface area (Å²) in [6.07, 6.45) is 3.26. The number of hydrogen-bond donors (Lipinski definition) is 0. The fourth-order valence-corrected chi connectivity index (χ4v) is 3.11. The fourth-order valence-electron chi connectivity index (χ4n) is 3.11. The molecule has 0 saturated heterocycles. The SMILES string of the molecule is CCCc1cc(CC)c2oc(-c3ccc(C)c(OC)c3)cc2c1. The maximum atomic E-state index is 6.19. The lowest BCUT2D eigenvalue weighted by Gasteiger charge is -2.06. The molecular formula is C21H24O2. The Kier molecular flexibility index (Phi) is 4.42. The van der Waals surface area contributed by atoms with Crippen LogP contribution in [0, 0.1) is 6.92 Å². The number of fused-ring (bicyclic) bond motifs is 1. The van der Waals surface area contributed by atoms with Gasteiger partial charge >= 0.3 is 0 Å². The minimum absolute atomic E-state index is 0.894. The summed E-state index contributed by atoms with van der Waals surface area (Å²) in [4.78, 5) is 0. The standard InChI is InChI=1S/C21H24O2/c1-5-7-15-10-16(6-2)21-18(11-15)13-20(23-21)17-9-8-14(3)19(12-17)22-4/h8-13H,5-7H2,1-4H3. The van der Waals surface area contributed by atoms with Crippen LogP contribution in [-0.4, -0.2) is 7.11 Å². The Hall–Kier alpha value is -2.22. The highest BCUT2D eigenvalue weighted by atomic mass is 16.5. The van der Waals surface area contributed by atoms with Crippen molar-refractivity contribution in [2.24, 2.45) is 0 Å². The Balaban J connectivity index is 2.12. The predicted molar refractivity (Wildman–Crippen MR) is 96.3 cm³/mol. The van der Waals surface area contributed by atoms with E-state index in [-0.39, 0.29) is 0 Å². The zero-order valence-electron chi connectivity index (χ0n) is 14.4. The van der Waals surface area contributed by atoms with E-state index in [1.807, 2.05) is 13.0 Å². The first kappa shape index (κ1) is 15.7. The summed E-state index contributed by atoms with van der Waals surface area (Å²) in [5.74, 6) is 1.80. The molecule has 0 atom stereocenters. The lowest BCUT2D eigenvalue weighted by molar-refractivity contribution is 0.411. The molecule has 120 valence electrons. The van der Waals surface area contributed by atoms with Crippen molar-refractivity contribution in [2.45, 2.75) is 40.0 Å². The molecule has 0 aliphatic carbocycles. The van der Waals surface area contributed by atoms with Gasteiger partial charge in [-0.3, -0.25) is 0 Å². The predicted octanol–water partition coefficient (Wildman–Crippen LogP) is 5.93. The van der Waals surface area contributed by atoms with Gasteiger partial charge in [-0.2, -0.15) is 0 Å².